The van der Waals surface area contributed by atoms with E-state index < -0.39 is 18.8 Å². The van der Waals surface area contributed by atoms with Gasteiger partial charge in [-0.15, -0.1) is 0 Å². The Balaban J connectivity index is 1.65. The largest absolute Gasteiger partial charge is 0.505 e. The van der Waals surface area contributed by atoms with Gasteiger partial charge in [0, 0.05) is 23.6 Å². The summed E-state index contributed by atoms with van der Waals surface area (Å²) in [5.74, 6) is 4.73. The Labute approximate surface area is 213 Å². The molecule has 0 fully saturated rings. The minimum Gasteiger partial charge on any atom is -0.505 e. The first-order valence-corrected chi connectivity index (χ1v) is 13.2. The molecule has 0 amide bonds. The Hall–Kier alpha value is -4.16. The third-order valence-electron chi connectivity index (χ3n) is 5.42. The van der Waals surface area contributed by atoms with Crippen LogP contribution in [0.3, 0.4) is 0 Å². The van der Waals surface area contributed by atoms with Gasteiger partial charge >= 0.3 is 7.52 Å². The SMILES string of the molecule is COP1(=O)N=C(c2c(O)c(-c3ccsc3)nn(Cc3ccoc3)c2=O)Nc2ccc(O/C=C/ON)cc21. The molecular weight excluding hydrogens is 521 g/mol. The zero-order valence-corrected chi connectivity index (χ0v) is 20.9. The lowest BCUT2D eigenvalue weighted by molar-refractivity contribution is 0.250. The van der Waals surface area contributed by atoms with Gasteiger partial charge in [-0.1, -0.05) is 0 Å². The van der Waals surface area contributed by atoms with Gasteiger partial charge in [0.15, 0.2) is 11.6 Å². The number of nitrogens with zero attached hydrogens (tertiary/aromatic N) is 3. The fourth-order valence-corrected chi connectivity index (χ4v) is 5.85. The Kier molecular flexibility index (Phi) is 6.68. The zero-order chi connectivity index (χ0) is 26.0. The van der Waals surface area contributed by atoms with E-state index in [1.165, 1.54) is 48.0 Å². The first-order chi connectivity index (χ1) is 17.9. The number of furan rings is 1. The van der Waals surface area contributed by atoms with E-state index in [0.717, 1.165) is 6.26 Å². The number of hydrogen-bond acceptors (Lipinski definition) is 11. The summed E-state index contributed by atoms with van der Waals surface area (Å²) in [4.78, 5) is 17.9. The number of ether oxygens (including phenoxy) is 1. The molecule has 0 bridgehead atoms. The lowest BCUT2D eigenvalue weighted by Crippen LogP contribution is -2.35. The summed E-state index contributed by atoms with van der Waals surface area (Å²) in [6.45, 7) is 0.0757. The molecule has 14 heteroatoms. The third kappa shape index (κ3) is 4.68. The first kappa shape index (κ1) is 24.5. The van der Waals surface area contributed by atoms with E-state index in [9.17, 15) is 14.5 Å². The maximum absolute atomic E-state index is 13.8. The molecule has 12 nitrogen and oxygen atoms in total. The van der Waals surface area contributed by atoms with Crippen LogP contribution in [0.5, 0.6) is 11.5 Å². The number of fused-ring (bicyclic) bond motifs is 1. The van der Waals surface area contributed by atoms with Gasteiger partial charge in [-0.3, -0.25) is 9.36 Å². The van der Waals surface area contributed by atoms with Crippen LogP contribution in [0.2, 0.25) is 0 Å². The molecule has 37 heavy (non-hydrogen) atoms. The molecular formula is C23H20N5O7PS. The van der Waals surface area contributed by atoms with Crippen molar-refractivity contribution in [3.8, 4) is 22.8 Å². The molecule has 1 aliphatic heterocycles. The maximum Gasteiger partial charge on any atom is 0.348 e. The fraction of sp³-hybridized carbons (Fsp3) is 0.0870. The van der Waals surface area contributed by atoms with Crippen LogP contribution in [0.25, 0.3) is 11.3 Å². The van der Waals surface area contributed by atoms with E-state index in [1.807, 2.05) is 5.38 Å². The van der Waals surface area contributed by atoms with Crippen molar-refractivity contribution in [2.75, 3.05) is 12.4 Å². The minimum atomic E-state index is -3.89. The summed E-state index contributed by atoms with van der Waals surface area (Å²) in [7, 11) is -2.64. The van der Waals surface area contributed by atoms with Crippen molar-refractivity contribution < 1.29 is 28.2 Å². The molecule has 1 aliphatic rings. The number of amidine groups is 1. The predicted octanol–water partition coefficient (Wildman–Crippen LogP) is 3.40. The van der Waals surface area contributed by atoms with E-state index in [4.69, 9.17) is 19.6 Å². The van der Waals surface area contributed by atoms with Crippen molar-refractivity contribution in [1.82, 2.24) is 9.78 Å². The quantitative estimate of drug-likeness (QED) is 0.171. The first-order valence-electron chi connectivity index (χ1n) is 10.7. The van der Waals surface area contributed by atoms with Crippen molar-refractivity contribution >= 4 is 35.7 Å². The number of thiophene rings is 1. The summed E-state index contributed by atoms with van der Waals surface area (Å²) in [6, 6.07) is 8.12. The Morgan fingerprint density at radius 1 is 1.30 bits per heavy atom. The summed E-state index contributed by atoms with van der Waals surface area (Å²) >= 11 is 1.41. The smallest absolute Gasteiger partial charge is 0.348 e. The normalized spacial score (nSPS) is 16.8. The summed E-state index contributed by atoms with van der Waals surface area (Å²) in [6.07, 6.45) is 5.30. The van der Waals surface area contributed by atoms with Crippen LogP contribution in [0.4, 0.5) is 5.69 Å². The highest BCUT2D eigenvalue weighted by Crippen LogP contribution is 2.52. The van der Waals surface area contributed by atoms with Gasteiger partial charge in [-0.2, -0.15) is 27.1 Å². The average molecular weight is 541 g/mol. The third-order valence-corrected chi connectivity index (χ3v) is 8.04. The molecule has 0 saturated carbocycles. The molecule has 4 aromatic rings. The van der Waals surface area contributed by atoms with Crippen LogP contribution in [0, 0.1) is 0 Å². The van der Waals surface area contributed by atoms with Gasteiger partial charge in [-0.25, -0.2) is 4.68 Å². The maximum atomic E-state index is 13.8. The van der Waals surface area contributed by atoms with Crippen LogP contribution in [0.1, 0.15) is 11.1 Å². The van der Waals surface area contributed by atoms with E-state index in [-0.39, 0.29) is 28.9 Å². The average Bonchev–Trinajstić information content (AvgIpc) is 3.61. The molecule has 0 saturated heterocycles. The highest BCUT2D eigenvalue weighted by Gasteiger charge is 2.36. The lowest BCUT2D eigenvalue weighted by Gasteiger charge is -2.25. The molecule has 1 unspecified atom stereocenters. The van der Waals surface area contributed by atoms with Crippen molar-refractivity contribution in [2.24, 2.45) is 10.7 Å². The fourth-order valence-electron chi connectivity index (χ4n) is 3.68. The Morgan fingerprint density at radius 3 is 2.86 bits per heavy atom. The van der Waals surface area contributed by atoms with Gasteiger partial charge < -0.3 is 28.9 Å². The van der Waals surface area contributed by atoms with E-state index in [0.29, 0.717) is 22.6 Å². The minimum absolute atomic E-state index is 0.0757. The Bertz CT molecular complexity index is 1600. The van der Waals surface area contributed by atoms with E-state index in [2.05, 4.69) is 20.0 Å². The number of hydrogen-bond donors (Lipinski definition) is 3. The number of anilines is 1. The monoisotopic (exact) mass is 541 g/mol. The van der Waals surface area contributed by atoms with Crippen LogP contribution in [-0.2, 0) is 20.5 Å². The topological polar surface area (TPSA) is 163 Å². The number of aromatic hydroxyl groups is 1. The molecule has 0 radical (unpaired) electrons. The second-order valence-electron chi connectivity index (χ2n) is 7.66. The summed E-state index contributed by atoms with van der Waals surface area (Å²) < 4.78 is 35.1. The molecule has 3 aromatic heterocycles. The van der Waals surface area contributed by atoms with Crippen LogP contribution in [0.15, 0.2) is 80.1 Å². The number of nitrogens with one attached hydrogen (secondary N) is 1. The van der Waals surface area contributed by atoms with Gasteiger partial charge in [0.1, 0.15) is 29.5 Å². The molecule has 4 heterocycles. The lowest BCUT2D eigenvalue weighted by atomic mass is 10.1. The standard InChI is InChI=1S/C23H20N5O7PS/c1-32-36(31)18-10-16(34-7-8-35-24)2-3-17(18)25-22(27-36)19-21(29)20(15-5-9-37-13-15)26-28(23(19)30)11-14-4-6-33-12-14/h2-10,12-13,29H,11,24H2,1H3,(H,25,27,31)/b8-7+. The molecule has 1 atom stereocenters. The van der Waals surface area contributed by atoms with Crippen molar-refractivity contribution in [3.05, 3.63) is 87.6 Å². The van der Waals surface area contributed by atoms with Crippen molar-refractivity contribution in [2.45, 2.75) is 6.54 Å². The molecule has 190 valence electrons. The van der Waals surface area contributed by atoms with E-state index in [1.54, 1.807) is 29.6 Å². The number of benzene rings is 1. The number of nitrogens with two attached hydrogens (primary N) is 1. The second-order valence-corrected chi connectivity index (χ2v) is 10.5. The van der Waals surface area contributed by atoms with E-state index >= 15 is 0 Å². The Morgan fingerprint density at radius 2 is 2.16 bits per heavy atom. The summed E-state index contributed by atoms with van der Waals surface area (Å²) in [5, 5.41) is 22.4. The predicted molar refractivity (Wildman–Crippen MR) is 137 cm³/mol. The van der Waals surface area contributed by atoms with Crippen molar-refractivity contribution in [1.29, 1.82) is 0 Å². The van der Waals surface area contributed by atoms with Gasteiger partial charge in [-0.05, 0) is 35.7 Å². The number of rotatable bonds is 8. The zero-order valence-electron chi connectivity index (χ0n) is 19.2. The van der Waals surface area contributed by atoms with Crippen LogP contribution >= 0.6 is 18.9 Å². The van der Waals surface area contributed by atoms with Crippen LogP contribution < -0.4 is 26.8 Å². The van der Waals surface area contributed by atoms with Crippen LogP contribution in [-0.4, -0.2) is 27.8 Å². The summed E-state index contributed by atoms with van der Waals surface area (Å²) in [5.41, 5.74) is 0.964. The molecule has 0 aliphatic carbocycles. The molecule has 1 aromatic carbocycles. The van der Waals surface area contributed by atoms with Gasteiger partial charge in [0.25, 0.3) is 5.56 Å². The number of aromatic nitrogens is 2. The van der Waals surface area contributed by atoms with Crippen molar-refractivity contribution in [3.63, 3.8) is 0 Å². The highest BCUT2D eigenvalue weighted by molar-refractivity contribution is 7.66. The van der Waals surface area contributed by atoms with Gasteiger partial charge in [0.05, 0.1) is 30.1 Å². The second kappa shape index (κ2) is 10.1. The molecule has 4 N–H and O–H groups in total. The highest BCUT2D eigenvalue weighted by atomic mass is 32.1. The molecule has 5 rings (SSSR count). The van der Waals surface area contributed by atoms with Gasteiger partial charge in [0.2, 0.25) is 0 Å². The molecule has 0 spiro atoms.